The van der Waals surface area contributed by atoms with Crippen molar-refractivity contribution >= 4 is 11.6 Å². The third-order valence-corrected chi connectivity index (χ3v) is 2.43. The van der Waals surface area contributed by atoms with Gasteiger partial charge in [0.2, 0.25) is 0 Å². The van der Waals surface area contributed by atoms with Gasteiger partial charge in [0.25, 0.3) is 0 Å². The summed E-state index contributed by atoms with van der Waals surface area (Å²) in [5.41, 5.74) is 6.67. The number of aliphatic hydroxyl groups excluding tert-OH is 1. The van der Waals surface area contributed by atoms with Gasteiger partial charge in [0.1, 0.15) is 0 Å². The average Bonchev–Trinajstić information content (AvgIpc) is 2.22. The fourth-order valence-electron chi connectivity index (χ4n) is 1.44. The summed E-state index contributed by atoms with van der Waals surface area (Å²) in [6.07, 6.45) is 0. The molecule has 0 unspecified atom stereocenters. The summed E-state index contributed by atoms with van der Waals surface area (Å²) in [6.45, 7) is 3.01. The van der Waals surface area contributed by atoms with Crippen molar-refractivity contribution in [1.82, 2.24) is 4.90 Å². The summed E-state index contributed by atoms with van der Waals surface area (Å²) in [4.78, 5) is 2.11. The quantitative estimate of drug-likeness (QED) is 0.767. The number of benzene rings is 1. The molecule has 1 aromatic carbocycles. The topological polar surface area (TPSA) is 49.5 Å². The number of nitrogens with zero attached hydrogens (tertiary/aromatic N) is 1. The van der Waals surface area contributed by atoms with Gasteiger partial charge in [0.05, 0.1) is 6.61 Å². The first kappa shape index (κ1) is 12.5. The molecule has 3 N–H and O–H groups in total. The van der Waals surface area contributed by atoms with Crippen LogP contribution < -0.4 is 5.73 Å². The molecular formula is C11H17ClN2O. The molecular weight excluding hydrogens is 212 g/mol. The number of halogens is 1. The van der Waals surface area contributed by atoms with Crippen molar-refractivity contribution < 1.29 is 5.11 Å². The Bertz CT molecular complexity index is 270. The lowest BCUT2D eigenvalue weighted by atomic mass is 10.2. The van der Waals surface area contributed by atoms with Crippen LogP contribution in [0.3, 0.4) is 0 Å². The van der Waals surface area contributed by atoms with E-state index < -0.39 is 0 Å². The molecule has 84 valence electrons. The van der Waals surface area contributed by atoms with Crippen molar-refractivity contribution in [2.45, 2.75) is 6.54 Å². The third-order valence-electron chi connectivity index (χ3n) is 2.18. The Labute approximate surface area is 95.5 Å². The van der Waals surface area contributed by atoms with E-state index in [1.165, 1.54) is 5.56 Å². The highest BCUT2D eigenvalue weighted by atomic mass is 35.5. The lowest BCUT2D eigenvalue weighted by molar-refractivity contribution is 0.194. The van der Waals surface area contributed by atoms with E-state index in [0.29, 0.717) is 13.1 Å². The first-order chi connectivity index (χ1) is 7.26. The minimum absolute atomic E-state index is 0.160. The Morgan fingerprint density at radius 2 is 1.87 bits per heavy atom. The SMILES string of the molecule is NCCN(CCO)Cc1ccc(Cl)cc1. The van der Waals surface area contributed by atoms with Crippen LogP contribution in [0.2, 0.25) is 5.02 Å². The van der Waals surface area contributed by atoms with E-state index in [-0.39, 0.29) is 6.61 Å². The van der Waals surface area contributed by atoms with Crippen molar-refractivity contribution in [2.24, 2.45) is 5.73 Å². The molecule has 0 spiro atoms. The molecule has 0 fully saturated rings. The number of hydrogen-bond donors (Lipinski definition) is 2. The molecule has 1 rings (SSSR count). The molecule has 1 aromatic rings. The Hall–Kier alpha value is -0.610. The fraction of sp³-hybridized carbons (Fsp3) is 0.455. The second-order valence-electron chi connectivity index (χ2n) is 3.41. The summed E-state index contributed by atoms with van der Waals surface area (Å²) < 4.78 is 0. The van der Waals surface area contributed by atoms with Crippen molar-refractivity contribution in [3.8, 4) is 0 Å². The van der Waals surface area contributed by atoms with Crippen LogP contribution in [0.25, 0.3) is 0 Å². The highest BCUT2D eigenvalue weighted by molar-refractivity contribution is 6.30. The predicted octanol–water partition coefficient (Wildman–Crippen LogP) is 1.09. The molecule has 0 aromatic heterocycles. The Morgan fingerprint density at radius 3 is 2.40 bits per heavy atom. The van der Waals surface area contributed by atoms with Gasteiger partial charge in [-0.05, 0) is 17.7 Å². The van der Waals surface area contributed by atoms with E-state index in [1.54, 1.807) is 0 Å². The van der Waals surface area contributed by atoms with Gasteiger partial charge in [-0.15, -0.1) is 0 Å². The van der Waals surface area contributed by atoms with Crippen molar-refractivity contribution in [1.29, 1.82) is 0 Å². The van der Waals surface area contributed by atoms with Gasteiger partial charge in [0.15, 0.2) is 0 Å². The van der Waals surface area contributed by atoms with Crippen LogP contribution in [0.4, 0.5) is 0 Å². The third kappa shape index (κ3) is 4.62. The van der Waals surface area contributed by atoms with E-state index in [4.69, 9.17) is 22.4 Å². The van der Waals surface area contributed by atoms with Crippen LogP contribution in [0.1, 0.15) is 5.56 Å². The lowest BCUT2D eigenvalue weighted by Crippen LogP contribution is -2.31. The molecule has 0 heterocycles. The minimum atomic E-state index is 0.160. The second-order valence-corrected chi connectivity index (χ2v) is 3.85. The Morgan fingerprint density at radius 1 is 1.20 bits per heavy atom. The lowest BCUT2D eigenvalue weighted by Gasteiger charge is -2.20. The Kier molecular flexibility index (Phi) is 5.65. The summed E-state index contributed by atoms with van der Waals surface area (Å²) >= 11 is 5.80. The van der Waals surface area contributed by atoms with E-state index in [1.807, 2.05) is 24.3 Å². The molecule has 0 aliphatic rings. The maximum absolute atomic E-state index is 8.88. The monoisotopic (exact) mass is 228 g/mol. The van der Waals surface area contributed by atoms with Crippen molar-refractivity contribution in [3.63, 3.8) is 0 Å². The number of hydrogen-bond acceptors (Lipinski definition) is 3. The van der Waals surface area contributed by atoms with E-state index in [0.717, 1.165) is 18.1 Å². The normalized spacial score (nSPS) is 10.9. The molecule has 3 nitrogen and oxygen atoms in total. The van der Waals surface area contributed by atoms with Gasteiger partial charge in [-0.2, -0.15) is 0 Å². The summed E-state index contributed by atoms with van der Waals surface area (Å²) in [5.74, 6) is 0. The smallest absolute Gasteiger partial charge is 0.0558 e. The molecule has 0 atom stereocenters. The highest BCUT2D eigenvalue weighted by Crippen LogP contribution is 2.11. The van der Waals surface area contributed by atoms with Gasteiger partial charge < -0.3 is 10.8 Å². The molecule has 0 saturated carbocycles. The van der Waals surface area contributed by atoms with Crippen LogP contribution in [-0.2, 0) is 6.54 Å². The molecule has 4 heteroatoms. The molecule has 0 saturated heterocycles. The average molecular weight is 229 g/mol. The first-order valence-electron chi connectivity index (χ1n) is 5.04. The highest BCUT2D eigenvalue weighted by Gasteiger charge is 2.03. The van der Waals surface area contributed by atoms with Gasteiger partial charge in [-0.3, -0.25) is 4.90 Å². The largest absolute Gasteiger partial charge is 0.395 e. The van der Waals surface area contributed by atoms with Crippen LogP contribution in [-0.4, -0.2) is 36.2 Å². The van der Waals surface area contributed by atoms with E-state index in [9.17, 15) is 0 Å². The molecule has 0 bridgehead atoms. The fourth-order valence-corrected chi connectivity index (χ4v) is 1.57. The zero-order chi connectivity index (χ0) is 11.1. The minimum Gasteiger partial charge on any atom is -0.395 e. The summed E-state index contributed by atoms with van der Waals surface area (Å²) in [6, 6.07) is 7.72. The zero-order valence-electron chi connectivity index (χ0n) is 8.69. The predicted molar refractivity (Wildman–Crippen MR) is 62.9 cm³/mol. The summed E-state index contributed by atoms with van der Waals surface area (Å²) in [5, 5.41) is 9.62. The number of rotatable bonds is 6. The van der Waals surface area contributed by atoms with Crippen molar-refractivity contribution in [2.75, 3.05) is 26.2 Å². The van der Waals surface area contributed by atoms with Crippen LogP contribution in [0, 0.1) is 0 Å². The standard InChI is InChI=1S/C11H17ClN2O/c12-11-3-1-10(2-4-11)9-14(6-5-13)7-8-15/h1-4,15H,5-9,13H2. The molecule has 15 heavy (non-hydrogen) atoms. The van der Waals surface area contributed by atoms with Gasteiger partial charge in [-0.1, -0.05) is 23.7 Å². The molecule has 0 amide bonds. The summed E-state index contributed by atoms with van der Waals surface area (Å²) in [7, 11) is 0. The maximum Gasteiger partial charge on any atom is 0.0558 e. The first-order valence-corrected chi connectivity index (χ1v) is 5.42. The van der Waals surface area contributed by atoms with Gasteiger partial charge in [0, 0.05) is 31.2 Å². The molecule has 0 aliphatic heterocycles. The maximum atomic E-state index is 8.88. The van der Waals surface area contributed by atoms with Crippen LogP contribution >= 0.6 is 11.6 Å². The van der Waals surface area contributed by atoms with Crippen LogP contribution in [0.15, 0.2) is 24.3 Å². The number of nitrogens with two attached hydrogens (primary N) is 1. The van der Waals surface area contributed by atoms with Crippen molar-refractivity contribution in [3.05, 3.63) is 34.9 Å². The number of aliphatic hydroxyl groups is 1. The van der Waals surface area contributed by atoms with Gasteiger partial charge in [-0.25, -0.2) is 0 Å². The zero-order valence-corrected chi connectivity index (χ0v) is 9.45. The van der Waals surface area contributed by atoms with Crippen LogP contribution in [0.5, 0.6) is 0 Å². The molecule has 0 aliphatic carbocycles. The second kappa shape index (κ2) is 6.80. The Balaban J connectivity index is 2.53. The van der Waals surface area contributed by atoms with Gasteiger partial charge >= 0.3 is 0 Å². The van der Waals surface area contributed by atoms with E-state index in [2.05, 4.69) is 4.90 Å². The van der Waals surface area contributed by atoms with E-state index >= 15 is 0 Å². The molecule has 0 radical (unpaired) electrons.